The molecular formula is C54H62Cl2F2N8O10. The third kappa shape index (κ3) is 10.2. The van der Waals surface area contributed by atoms with Gasteiger partial charge in [0.25, 0.3) is 11.8 Å². The first kappa shape index (κ1) is 53.0. The van der Waals surface area contributed by atoms with Crippen LogP contribution in [0.4, 0.5) is 30.0 Å². The lowest BCUT2D eigenvalue weighted by molar-refractivity contribution is 0.000927. The van der Waals surface area contributed by atoms with E-state index < -0.39 is 53.1 Å². The van der Waals surface area contributed by atoms with E-state index in [9.17, 15) is 19.5 Å². The highest BCUT2D eigenvalue weighted by molar-refractivity contribution is 6.36. The zero-order valence-electron chi connectivity index (χ0n) is 43.6. The first-order valence-corrected chi connectivity index (χ1v) is 26.6. The van der Waals surface area contributed by atoms with Gasteiger partial charge in [-0.1, -0.05) is 35.3 Å². The first-order chi connectivity index (χ1) is 36.1. The van der Waals surface area contributed by atoms with Gasteiger partial charge < -0.3 is 53.3 Å². The number of carbonyl (C=O) groups is 4. The van der Waals surface area contributed by atoms with Crippen LogP contribution in [0.2, 0.25) is 10.0 Å². The Morgan fingerprint density at radius 2 is 1.25 bits per heavy atom. The molecule has 3 amide bonds. The van der Waals surface area contributed by atoms with E-state index in [4.69, 9.17) is 56.9 Å². The minimum atomic E-state index is -1.08. The number of anilines is 2. The van der Waals surface area contributed by atoms with Gasteiger partial charge in [-0.25, -0.2) is 28.3 Å². The lowest BCUT2D eigenvalue weighted by atomic mass is 10.0. The summed E-state index contributed by atoms with van der Waals surface area (Å²) in [5, 5.41) is 10.6. The SMILES string of the molecule is C[C@H]1CCCN1c1nc(-c2c(O)cccc2F)c(Cl)c2c1C(=O)N1CCN(C[C@H]3CCCN3c3nc(-c4c(F)cccc4OC(=O)OC(C)(C)C)c(Cl)c4c3C(=O)N3CCN(C(=O)OC(C)(C)C)C[C@@H]3CO4)C[C@@H]1CO2. The van der Waals surface area contributed by atoms with Crippen LogP contribution in [0.1, 0.15) is 94.9 Å². The summed E-state index contributed by atoms with van der Waals surface area (Å²) in [6, 6.07) is 6.56. The van der Waals surface area contributed by atoms with Gasteiger partial charge in [-0.05, 0) is 98.4 Å². The van der Waals surface area contributed by atoms with Crippen molar-refractivity contribution in [3.05, 3.63) is 69.2 Å². The molecule has 4 aromatic rings. The fourth-order valence-electron chi connectivity index (χ4n) is 11.1. The van der Waals surface area contributed by atoms with Gasteiger partial charge in [-0.15, -0.1) is 0 Å². The fourth-order valence-corrected chi connectivity index (χ4v) is 11.7. The molecule has 0 aliphatic carbocycles. The average molecular weight is 1090 g/mol. The Bertz CT molecular complexity index is 2970. The molecule has 4 fully saturated rings. The number of benzene rings is 2. The van der Waals surface area contributed by atoms with Crippen molar-refractivity contribution >= 4 is 58.9 Å². The van der Waals surface area contributed by atoms with Crippen LogP contribution in [-0.4, -0.2) is 166 Å². The number of aromatic nitrogens is 2. The van der Waals surface area contributed by atoms with Gasteiger partial charge in [0.2, 0.25) is 0 Å². The second-order valence-electron chi connectivity index (χ2n) is 22.2. The standard InChI is InChI=1S/C54H62Cl2F2N8O10/c1-29-12-10-18-63(29)47-39-45(41(55)43(59-47)37-33(57)14-8-16-35(37)67)72-27-31-25-61(20-22-65(31)49(39)68)24-30-13-11-19-64(30)48-40-46(73-28-32-26-62(21-23-66(32)50(40)69)51(70)75-53(2,3)4)42(56)44(60-48)38-34(58)15-9-17-36(38)74-52(71)76-54(5,6)7/h8-9,14-17,29-32,67H,10-13,18-28H2,1-7H3/t29-,30+,31+,32+/m0/s1. The Morgan fingerprint density at radius 1 is 0.697 bits per heavy atom. The Labute approximate surface area is 449 Å². The normalized spacial score (nSPS) is 22.0. The number of phenols is 1. The minimum absolute atomic E-state index is 0.0103. The summed E-state index contributed by atoms with van der Waals surface area (Å²) in [7, 11) is 0. The molecule has 76 heavy (non-hydrogen) atoms. The maximum Gasteiger partial charge on any atom is 0.514 e. The molecule has 0 spiro atoms. The summed E-state index contributed by atoms with van der Waals surface area (Å²) >= 11 is 14.3. The number of rotatable bonds is 7. The second-order valence-corrected chi connectivity index (χ2v) is 23.0. The average Bonchev–Trinajstić information content (AvgIpc) is 4.06. The predicted molar refractivity (Wildman–Crippen MR) is 279 cm³/mol. The largest absolute Gasteiger partial charge is 0.514 e. The van der Waals surface area contributed by atoms with Crippen molar-refractivity contribution in [1.29, 1.82) is 0 Å². The summed E-state index contributed by atoms with van der Waals surface area (Å²) in [6.07, 6.45) is 1.46. The van der Waals surface area contributed by atoms with Crippen molar-refractivity contribution in [1.82, 2.24) is 29.6 Å². The number of ether oxygens (including phenoxy) is 5. The number of piperazine rings is 2. The van der Waals surface area contributed by atoms with E-state index in [2.05, 4.69) is 4.90 Å². The first-order valence-electron chi connectivity index (χ1n) is 25.8. The molecule has 4 saturated heterocycles. The predicted octanol–water partition coefficient (Wildman–Crippen LogP) is 9.05. The lowest BCUT2D eigenvalue weighted by Gasteiger charge is -2.42. The molecule has 10 rings (SSSR count). The summed E-state index contributed by atoms with van der Waals surface area (Å²) in [5.74, 6) is -2.32. The number of hydrogen-bond donors (Lipinski definition) is 1. The molecule has 8 heterocycles. The number of pyridine rings is 2. The summed E-state index contributed by atoms with van der Waals surface area (Å²) < 4.78 is 61.7. The van der Waals surface area contributed by atoms with Gasteiger partial charge in [0, 0.05) is 71.0 Å². The fraction of sp³-hybridized carbons (Fsp3) is 0.519. The number of nitrogens with zero attached hydrogens (tertiary/aromatic N) is 8. The molecule has 2 aromatic carbocycles. The van der Waals surface area contributed by atoms with E-state index in [1.807, 2.05) is 16.7 Å². The number of phenolic OH excluding ortho intramolecular Hbond substituents is 1. The van der Waals surface area contributed by atoms with Gasteiger partial charge in [0.15, 0.2) is 11.5 Å². The molecule has 4 atom stereocenters. The van der Waals surface area contributed by atoms with E-state index in [0.29, 0.717) is 57.9 Å². The van der Waals surface area contributed by atoms with E-state index in [1.165, 1.54) is 36.4 Å². The molecule has 22 heteroatoms. The minimum Gasteiger partial charge on any atom is -0.507 e. The number of carbonyl (C=O) groups excluding carboxylic acids is 4. The van der Waals surface area contributed by atoms with Crippen LogP contribution in [0.5, 0.6) is 23.0 Å². The monoisotopic (exact) mass is 1090 g/mol. The molecule has 0 radical (unpaired) electrons. The van der Waals surface area contributed by atoms with Gasteiger partial charge in [-0.2, -0.15) is 0 Å². The van der Waals surface area contributed by atoms with Crippen molar-refractivity contribution in [2.75, 3.05) is 81.9 Å². The molecule has 406 valence electrons. The molecule has 6 aliphatic rings. The maximum atomic E-state index is 16.4. The van der Waals surface area contributed by atoms with Gasteiger partial charge >= 0.3 is 12.2 Å². The van der Waals surface area contributed by atoms with Crippen LogP contribution in [0.3, 0.4) is 0 Å². The van der Waals surface area contributed by atoms with E-state index in [1.54, 1.807) is 56.2 Å². The van der Waals surface area contributed by atoms with Crippen molar-refractivity contribution in [2.45, 2.75) is 110 Å². The molecule has 0 bridgehead atoms. The topological polar surface area (TPSA) is 180 Å². The Morgan fingerprint density at radius 3 is 1.86 bits per heavy atom. The van der Waals surface area contributed by atoms with Gasteiger partial charge in [-0.3, -0.25) is 14.5 Å². The van der Waals surface area contributed by atoms with E-state index in [-0.39, 0.29) is 123 Å². The molecule has 1 N–H and O–H groups in total. The molecule has 2 aromatic heterocycles. The van der Waals surface area contributed by atoms with E-state index >= 15 is 13.6 Å². The molecule has 0 unspecified atom stereocenters. The summed E-state index contributed by atoms with van der Waals surface area (Å²) in [5.41, 5.74) is -2.02. The Balaban J connectivity index is 0.978. The van der Waals surface area contributed by atoms with Crippen LogP contribution in [0.15, 0.2) is 36.4 Å². The number of aromatic hydroxyl groups is 1. The van der Waals surface area contributed by atoms with Gasteiger partial charge in [0.1, 0.15) is 91.7 Å². The van der Waals surface area contributed by atoms with Crippen LogP contribution in [0.25, 0.3) is 22.5 Å². The molecular weight excluding hydrogens is 1030 g/mol. The number of fused-ring (bicyclic) bond motifs is 4. The van der Waals surface area contributed by atoms with Crippen molar-refractivity contribution in [2.24, 2.45) is 0 Å². The second kappa shape index (κ2) is 20.5. The highest BCUT2D eigenvalue weighted by Gasteiger charge is 2.46. The van der Waals surface area contributed by atoms with Crippen LogP contribution < -0.4 is 24.0 Å². The summed E-state index contributed by atoms with van der Waals surface area (Å²) in [6.45, 7) is 15.5. The Kier molecular flexibility index (Phi) is 14.3. The van der Waals surface area contributed by atoms with Crippen LogP contribution >= 0.6 is 23.2 Å². The Hall–Kier alpha value is -6.38. The van der Waals surface area contributed by atoms with Crippen molar-refractivity contribution < 1.29 is 56.7 Å². The zero-order valence-corrected chi connectivity index (χ0v) is 45.1. The third-order valence-corrected chi connectivity index (χ3v) is 15.3. The lowest BCUT2D eigenvalue weighted by Crippen LogP contribution is -2.58. The molecule has 18 nitrogen and oxygen atoms in total. The van der Waals surface area contributed by atoms with E-state index in [0.717, 1.165) is 12.8 Å². The molecule has 6 aliphatic heterocycles. The van der Waals surface area contributed by atoms with Gasteiger partial charge in [0.05, 0.1) is 23.2 Å². The van der Waals surface area contributed by atoms with Crippen LogP contribution in [0, 0.1) is 11.6 Å². The number of hydrogen-bond acceptors (Lipinski definition) is 15. The third-order valence-electron chi connectivity index (χ3n) is 14.6. The van der Waals surface area contributed by atoms with Crippen molar-refractivity contribution in [3.63, 3.8) is 0 Å². The van der Waals surface area contributed by atoms with Crippen LogP contribution in [-0.2, 0) is 9.47 Å². The zero-order chi connectivity index (χ0) is 54.1. The smallest absolute Gasteiger partial charge is 0.507 e. The quantitative estimate of drug-likeness (QED) is 0.137. The number of halogens is 4. The summed E-state index contributed by atoms with van der Waals surface area (Å²) in [4.78, 5) is 77.6. The highest BCUT2D eigenvalue weighted by Crippen LogP contribution is 2.49. The number of amides is 3. The molecule has 0 saturated carbocycles. The van der Waals surface area contributed by atoms with Crippen molar-refractivity contribution in [3.8, 4) is 45.5 Å². The maximum absolute atomic E-state index is 16.4. The highest BCUT2D eigenvalue weighted by atomic mass is 35.5.